The minimum absolute atomic E-state index is 0.00372. The van der Waals surface area contributed by atoms with Crippen LogP contribution in [0.5, 0.6) is 23.0 Å². The van der Waals surface area contributed by atoms with Crippen LogP contribution in [0.15, 0.2) is 114 Å². The van der Waals surface area contributed by atoms with Crippen molar-refractivity contribution < 1.29 is 13.9 Å². The molecule has 0 saturated heterocycles. The van der Waals surface area contributed by atoms with Gasteiger partial charge in [0.15, 0.2) is 0 Å². The predicted molar refractivity (Wildman–Crippen MR) is 197 cm³/mol. The van der Waals surface area contributed by atoms with E-state index in [2.05, 4.69) is 131 Å². The Balaban J connectivity index is 1.21. The van der Waals surface area contributed by atoms with Crippen molar-refractivity contribution in [2.24, 2.45) is 0 Å². The molecule has 48 heavy (non-hydrogen) atoms. The fourth-order valence-corrected chi connectivity index (χ4v) is 7.31. The third-order valence-corrected chi connectivity index (χ3v) is 9.98. The number of fused-ring (bicyclic) bond motifs is 7. The standard InChI is InChI=1S/C43H36BNO3/c1-42(2,3)27-14-17-35-32(23-27)44-33-24-28(43(4,5)6)15-18-36(33)47-39-22-26(21-38(46-35)40(39)44)25-13-16-29-30-10-9-11-31(34-12-7-8-19-45-34)41(30)48-37(29)20-25/h7-24H,1-6H3. The number of rotatable bonds is 2. The van der Waals surface area contributed by atoms with Crippen molar-refractivity contribution in [2.75, 3.05) is 0 Å². The van der Waals surface area contributed by atoms with Crippen LogP contribution in [0, 0.1) is 0 Å². The van der Waals surface area contributed by atoms with Crippen molar-refractivity contribution in [1.29, 1.82) is 0 Å². The zero-order valence-electron chi connectivity index (χ0n) is 28.1. The van der Waals surface area contributed by atoms with E-state index >= 15 is 0 Å². The van der Waals surface area contributed by atoms with Gasteiger partial charge in [-0.15, -0.1) is 0 Å². The van der Waals surface area contributed by atoms with Crippen LogP contribution in [0.3, 0.4) is 0 Å². The maximum absolute atomic E-state index is 6.76. The first-order valence-corrected chi connectivity index (χ1v) is 16.7. The van der Waals surface area contributed by atoms with Gasteiger partial charge in [0.25, 0.3) is 6.71 Å². The van der Waals surface area contributed by atoms with Gasteiger partial charge in [0, 0.05) is 28.0 Å². The molecule has 0 fully saturated rings. The summed E-state index contributed by atoms with van der Waals surface area (Å²) in [4.78, 5) is 4.58. The first-order chi connectivity index (χ1) is 23.0. The van der Waals surface area contributed by atoms with Crippen LogP contribution < -0.4 is 25.9 Å². The van der Waals surface area contributed by atoms with Crippen molar-refractivity contribution in [3.63, 3.8) is 0 Å². The van der Waals surface area contributed by atoms with Crippen molar-refractivity contribution in [3.05, 3.63) is 120 Å². The summed E-state index contributed by atoms with van der Waals surface area (Å²) in [5.41, 5.74) is 11.7. The smallest absolute Gasteiger partial charge is 0.260 e. The lowest BCUT2D eigenvalue weighted by atomic mass is 9.34. The molecule has 0 saturated carbocycles. The Morgan fingerprint density at radius 1 is 0.562 bits per heavy atom. The average Bonchev–Trinajstić information content (AvgIpc) is 3.45. The summed E-state index contributed by atoms with van der Waals surface area (Å²) in [6.45, 7) is 13.6. The number of furan rings is 1. The van der Waals surface area contributed by atoms with Gasteiger partial charge in [-0.3, -0.25) is 4.98 Å². The molecule has 0 amide bonds. The molecule has 0 unspecified atom stereocenters. The number of benzene rings is 5. The molecular formula is C43H36BNO3. The number of hydrogen-bond acceptors (Lipinski definition) is 4. The molecule has 2 aliphatic rings. The first-order valence-electron chi connectivity index (χ1n) is 16.7. The summed E-state index contributed by atoms with van der Waals surface area (Å²) in [6, 6.07) is 36.4. The molecule has 5 heteroatoms. The summed E-state index contributed by atoms with van der Waals surface area (Å²) in [5.74, 6) is 3.45. The second-order valence-electron chi connectivity index (χ2n) is 15.2. The molecule has 0 spiro atoms. The largest absolute Gasteiger partial charge is 0.458 e. The number of para-hydroxylation sites is 1. The second-order valence-corrected chi connectivity index (χ2v) is 15.2. The van der Waals surface area contributed by atoms with E-state index in [9.17, 15) is 0 Å². The molecule has 2 aromatic heterocycles. The van der Waals surface area contributed by atoms with Crippen LogP contribution in [0.2, 0.25) is 0 Å². The summed E-state index contributed by atoms with van der Waals surface area (Å²) in [5, 5.41) is 2.15. The molecule has 9 rings (SSSR count). The molecule has 0 radical (unpaired) electrons. The number of ether oxygens (including phenoxy) is 2. The zero-order chi connectivity index (χ0) is 32.9. The Labute approximate surface area is 281 Å². The molecule has 0 atom stereocenters. The van der Waals surface area contributed by atoms with Gasteiger partial charge < -0.3 is 13.9 Å². The van der Waals surface area contributed by atoms with Crippen LogP contribution in [-0.2, 0) is 10.8 Å². The zero-order valence-corrected chi connectivity index (χ0v) is 28.1. The van der Waals surface area contributed by atoms with Gasteiger partial charge in [0.1, 0.15) is 34.2 Å². The summed E-state index contributed by atoms with van der Waals surface area (Å²) >= 11 is 0. The Hall–Kier alpha value is -5.29. The Kier molecular flexibility index (Phi) is 6.09. The van der Waals surface area contributed by atoms with Gasteiger partial charge in [-0.05, 0) is 98.6 Å². The highest BCUT2D eigenvalue weighted by Gasteiger charge is 2.41. The molecule has 5 aromatic carbocycles. The Morgan fingerprint density at radius 3 is 1.83 bits per heavy atom. The predicted octanol–water partition coefficient (Wildman–Crippen LogP) is 9.64. The molecule has 7 aromatic rings. The SMILES string of the molecule is CC(C)(C)c1ccc2c(c1)B1c3cc(C(C)(C)C)ccc3Oc3cc(-c4ccc5c(c4)oc4c(-c6ccccn6)cccc45)cc(c31)O2. The monoisotopic (exact) mass is 625 g/mol. The van der Waals surface area contributed by atoms with Crippen LogP contribution >= 0.6 is 0 Å². The molecule has 0 aliphatic carbocycles. The van der Waals surface area contributed by atoms with E-state index in [1.165, 1.54) is 22.1 Å². The van der Waals surface area contributed by atoms with Crippen LogP contribution in [0.25, 0.3) is 44.3 Å². The highest BCUT2D eigenvalue weighted by molar-refractivity contribution is 6.98. The van der Waals surface area contributed by atoms with E-state index in [0.717, 1.165) is 72.8 Å². The molecule has 0 N–H and O–H groups in total. The number of nitrogens with zero attached hydrogens (tertiary/aromatic N) is 1. The van der Waals surface area contributed by atoms with E-state index in [0.29, 0.717) is 0 Å². The minimum atomic E-state index is 0.00372. The van der Waals surface area contributed by atoms with Crippen LogP contribution in [0.1, 0.15) is 52.7 Å². The maximum Gasteiger partial charge on any atom is 0.260 e. The van der Waals surface area contributed by atoms with E-state index in [1.54, 1.807) is 0 Å². The van der Waals surface area contributed by atoms with Crippen LogP contribution in [-0.4, -0.2) is 11.7 Å². The lowest BCUT2D eigenvalue weighted by molar-refractivity contribution is 0.464. The van der Waals surface area contributed by atoms with Gasteiger partial charge in [0.2, 0.25) is 0 Å². The number of hydrogen-bond donors (Lipinski definition) is 0. The summed E-state index contributed by atoms with van der Waals surface area (Å²) < 4.78 is 20.1. The number of pyridine rings is 1. The highest BCUT2D eigenvalue weighted by Crippen LogP contribution is 2.42. The fourth-order valence-electron chi connectivity index (χ4n) is 7.31. The fraction of sp³-hybridized carbons (Fsp3) is 0.186. The average molecular weight is 626 g/mol. The van der Waals surface area contributed by atoms with E-state index in [4.69, 9.17) is 13.9 Å². The van der Waals surface area contributed by atoms with Crippen molar-refractivity contribution in [1.82, 2.24) is 4.98 Å². The van der Waals surface area contributed by atoms with Crippen molar-refractivity contribution in [3.8, 4) is 45.4 Å². The van der Waals surface area contributed by atoms with Gasteiger partial charge in [-0.25, -0.2) is 0 Å². The summed E-state index contributed by atoms with van der Waals surface area (Å²) in [7, 11) is 0. The number of aromatic nitrogens is 1. The van der Waals surface area contributed by atoms with Crippen molar-refractivity contribution >= 4 is 45.0 Å². The molecule has 4 nitrogen and oxygen atoms in total. The first kappa shape index (κ1) is 28.9. The lowest BCUT2D eigenvalue weighted by Crippen LogP contribution is -2.57. The second kappa shape index (κ2) is 10.1. The maximum atomic E-state index is 6.76. The quantitative estimate of drug-likeness (QED) is 0.180. The molecule has 234 valence electrons. The van der Waals surface area contributed by atoms with Crippen LogP contribution in [0.4, 0.5) is 0 Å². The highest BCUT2D eigenvalue weighted by atomic mass is 16.5. The molecule has 2 aliphatic heterocycles. The minimum Gasteiger partial charge on any atom is -0.458 e. The molecule has 0 bridgehead atoms. The van der Waals surface area contributed by atoms with Gasteiger partial charge in [0.05, 0.1) is 5.69 Å². The molecule has 4 heterocycles. The summed E-state index contributed by atoms with van der Waals surface area (Å²) in [6.07, 6.45) is 1.82. The van der Waals surface area contributed by atoms with E-state index < -0.39 is 0 Å². The topological polar surface area (TPSA) is 44.5 Å². The Bertz CT molecular complexity index is 2340. The van der Waals surface area contributed by atoms with Gasteiger partial charge >= 0.3 is 0 Å². The molecular weight excluding hydrogens is 589 g/mol. The normalized spacial score (nSPS) is 13.5. The van der Waals surface area contributed by atoms with E-state index in [1.807, 2.05) is 24.4 Å². The third-order valence-electron chi connectivity index (χ3n) is 9.98. The van der Waals surface area contributed by atoms with Crippen molar-refractivity contribution in [2.45, 2.75) is 52.4 Å². The lowest BCUT2D eigenvalue weighted by Gasteiger charge is -2.35. The van der Waals surface area contributed by atoms with Gasteiger partial charge in [-0.1, -0.05) is 90.1 Å². The van der Waals surface area contributed by atoms with Gasteiger partial charge in [-0.2, -0.15) is 0 Å². The van der Waals surface area contributed by atoms with E-state index in [-0.39, 0.29) is 17.5 Å². The Morgan fingerprint density at radius 2 is 1.23 bits per heavy atom. The third kappa shape index (κ3) is 4.48.